The number of rotatable bonds is 2. The van der Waals surface area contributed by atoms with E-state index in [1.54, 1.807) is 0 Å². The summed E-state index contributed by atoms with van der Waals surface area (Å²) >= 11 is 3.33. The first-order valence-corrected chi connectivity index (χ1v) is 6.88. The first-order chi connectivity index (χ1) is 8.65. The Balaban J connectivity index is 2.06. The third-order valence-electron chi connectivity index (χ3n) is 3.35. The van der Waals surface area contributed by atoms with Crippen LogP contribution in [0, 0.1) is 12.7 Å². The Morgan fingerprint density at radius 1 is 1.56 bits per heavy atom. The molecule has 0 saturated carbocycles. The van der Waals surface area contributed by atoms with E-state index in [9.17, 15) is 4.39 Å². The Bertz CT molecular complexity index is 590. The zero-order chi connectivity index (χ0) is 12.7. The van der Waals surface area contributed by atoms with Gasteiger partial charge in [-0.3, -0.25) is 4.68 Å². The second-order valence-electron chi connectivity index (χ2n) is 4.68. The van der Waals surface area contributed by atoms with E-state index in [1.807, 2.05) is 17.7 Å². The van der Waals surface area contributed by atoms with Gasteiger partial charge in [-0.2, -0.15) is 5.10 Å². The predicted octanol–water partition coefficient (Wildman–Crippen LogP) is 3.43. The average molecular weight is 313 g/mol. The minimum atomic E-state index is -0.226. The summed E-state index contributed by atoms with van der Waals surface area (Å²) in [6.45, 7) is 3.35. The van der Waals surface area contributed by atoms with E-state index < -0.39 is 0 Å². The molecule has 1 unspecified atom stereocenters. The van der Waals surface area contributed by atoms with Gasteiger partial charge in [0.1, 0.15) is 5.82 Å². The van der Waals surface area contributed by atoms with Crippen molar-refractivity contribution in [1.29, 1.82) is 0 Å². The van der Waals surface area contributed by atoms with Gasteiger partial charge < -0.3 is 4.74 Å². The SMILES string of the molecule is Cc1nn(CC2CCCO2)c2cc(Br)cc(F)c12. The number of hydrogen-bond donors (Lipinski definition) is 0. The lowest BCUT2D eigenvalue weighted by molar-refractivity contribution is 0.0950. The second-order valence-corrected chi connectivity index (χ2v) is 5.60. The molecule has 1 aromatic heterocycles. The van der Waals surface area contributed by atoms with Crippen molar-refractivity contribution < 1.29 is 9.13 Å². The number of benzene rings is 1. The Morgan fingerprint density at radius 2 is 2.39 bits per heavy atom. The lowest BCUT2D eigenvalue weighted by atomic mass is 10.2. The lowest BCUT2D eigenvalue weighted by Gasteiger charge is -2.10. The average Bonchev–Trinajstić information content (AvgIpc) is 2.88. The highest BCUT2D eigenvalue weighted by atomic mass is 79.9. The second kappa shape index (κ2) is 4.63. The van der Waals surface area contributed by atoms with E-state index in [0.29, 0.717) is 11.9 Å². The van der Waals surface area contributed by atoms with Gasteiger partial charge >= 0.3 is 0 Å². The number of nitrogens with zero attached hydrogens (tertiary/aromatic N) is 2. The third kappa shape index (κ3) is 2.06. The van der Waals surface area contributed by atoms with Crippen LogP contribution < -0.4 is 0 Å². The number of ether oxygens (including phenoxy) is 1. The summed E-state index contributed by atoms with van der Waals surface area (Å²) in [4.78, 5) is 0. The van der Waals surface area contributed by atoms with Crippen LogP contribution in [-0.4, -0.2) is 22.5 Å². The molecule has 1 aliphatic rings. The summed E-state index contributed by atoms with van der Waals surface area (Å²) in [5.41, 5.74) is 1.56. The molecular formula is C13H14BrFN2O. The number of hydrogen-bond acceptors (Lipinski definition) is 2. The molecule has 1 aromatic carbocycles. The zero-order valence-corrected chi connectivity index (χ0v) is 11.7. The smallest absolute Gasteiger partial charge is 0.135 e. The predicted molar refractivity (Wildman–Crippen MR) is 71.1 cm³/mol. The molecule has 3 nitrogen and oxygen atoms in total. The molecule has 5 heteroatoms. The van der Waals surface area contributed by atoms with Crippen LogP contribution in [-0.2, 0) is 11.3 Å². The molecule has 1 fully saturated rings. The van der Waals surface area contributed by atoms with Crippen molar-refractivity contribution in [3.63, 3.8) is 0 Å². The van der Waals surface area contributed by atoms with Gasteiger partial charge in [0.15, 0.2) is 0 Å². The normalized spacial score (nSPS) is 19.8. The van der Waals surface area contributed by atoms with Crippen molar-refractivity contribution in [2.75, 3.05) is 6.61 Å². The van der Waals surface area contributed by atoms with Gasteiger partial charge in [0.05, 0.1) is 29.2 Å². The Labute approximate surface area is 113 Å². The summed E-state index contributed by atoms with van der Waals surface area (Å²) in [6, 6.07) is 3.39. The molecule has 0 bridgehead atoms. The third-order valence-corrected chi connectivity index (χ3v) is 3.80. The highest BCUT2D eigenvalue weighted by Gasteiger charge is 2.19. The van der Waals surface area contributed by atoms with Gasteiger partial charge in [-0.25, -0.2) is 4.39 Å². The van der Waals surface area contributed by atoms with Crippen molar-refractivity contribution >= 4 is 26.8 Å². The van der Waals surface area contributed by atoms with E-state index >= 15 is 0 Å². The van der Waals surface area contributed by atoms with E-state index in [1.165, 1.54) is 6.07 Å². The minimum Gasteiger partial charge on any atom is -0.376 e. The molecule has 18 heavy (non-hydrogen) atoms. The molecule has 1 atom stereocenters. The molecule has 0 amide bonds. The van der Waals surface area contributed by atoms with Crippen LogP contribution >= 0.6 is 15.9 Å². The molecule has 3 rings (SSSR count). The minimum absolute atomic E-state index is 0.203. The van der Waals surface area contributed by atoms with Crippen molar-refractivity contribution in [3.05, 3.63) is 28.1 Å². The Hall–Kier alpha value is -0.940. The van der Waals surface area contributed by atoms with Crippen LogP contribution in [0.15, 0.2) is 16.6 Å². The highest BCUT2D eigenvalue weighted by Crippen LogP contribution is 2.27. The van der Waals surface area contributed by atoms with Crippen LogP contribution in [0.4, 0.5) is 4.39 Å². The quantitative estimate of drug-likeness (QED) is 0.849. The summed E-state index contributed by atoms with van der Waals surface area (Å²) in [6.07, 6.45) is 2.35. The topological polar surface area (TPSA) is 27.1 Å². The van der Waals surface area contributed by atoms with Gasteiger partial charge in [0.2, 0.25) is 0 Å². The summed E-state index contributed by atoms with van der Waals surface area (Å²) in [5.74, 6) is -0.226. The van der Waals surface area contributed by atoms with Crippen molar-refractivity contribution in [2.45, 2.75) is 32.4 Å². The fourth-order valence-corrected chi connectivity index (χ4v) is 2.94. The Kier molecular flexibility index (Phi) is 3.11. The van der Waals surface area contributed by atoms with Crippen molar-refractivity contribution in [2.24, 2.45) is 0 Å². The van der Waals surface area contributed by atoms with Crippen molar-refractivity contribution in [3.8, 4) is 0 Å². The molecule has 0 spiro atoms. The van der Waals surface area contributed by atoms with Gasteiger partial charge in [0.25, 0.3) is 0 Å². The molecule has 0 N–H and O–H groups in total. The Morgan fingerprint density at radius 3 is 3.11 bits per heavy atom. The number of aromatic nitrogens is 2. The maximum absolute atomic E-state index is 13.9. The lowest BCUT2D eigenvalue weighted by Crippen LogP contribution is -2.15. The van der Waals surface area contributed by atoms with Crippen molar-refractivity contribution in [1.82, 2.24) is 9.78 Å². The van der Waals surface area contributed by atoms with E-state index in [0.717, 1.165) is 35.1 Å². The highest BCUT2D eigenvalue weighted by molar-refractivity contribution is 9.10. The van der Waals surface area contributed by atoms with Crippen LogP contribution in [0.2, 0.25) is 0 Å². The van der Waals surface area contributed by atoms with E-state index in [2.05, 4.69) is 21.0 Å². The fourth-order valence-electron chi connectivity index (χ4n) is 2.53. The fraction of sp³-hybridized carbons (Fsp3) is 0.462. The van der Waals surface area contributed by atoms with Gasteiger partial charge in [-0.15, -0.1) is 0 Å². The maximum Gasteiger partial charge on any atom is 0.135 e. The van der Waals surface area contributed by atoms with E-state index in [4.69, 9.17) is 4.74 Å². The zero-order valence-electron chi connectivity index (χ0n) is 10.1. The molecule has 1 aliphatic heterocycles. The van der Waals surface area contributed by atoms with Crippen LogP contribution in [0.25, 0.3) is 10.9 Å². The first kappa shape index (κ1) is 12.1. The largest absolute Gasteiger partial charge is 0.376 e. The monoisotopic (exact) mass is 312 g/mol. The van der Waals surface area contributed by atoms with Gasteiger partial charge in [-0.1, -0.05) is 15.9 Å². The molecule has 0 radical (unpaired) electrons. The molecular weight excluding hydrogens is 299 g/mol. The summed E-state index contributed by atoms with van der Waals surface area (Å²) in [5, 5.41) is 5.04. The molecule has 2 heterocycles. The molecule has 0 aliphatic carbocycles. The standard InChI is InChI=1S/C13H14BrFN2O/c1-8-13-11(15)5-9(14)6-12(13)17(16-8)7-10-3-2-4-18-10/h5-6,10H,2-4,7H2,1H3. The molecule has 2 aromatic rings. The molecule has 96 valence electrons. The number of aryl methyl sites for hydroxylation is 1. The first-order valence-electron chi connectivity index (χ1n) is 6.09. The summed E-state index contributed by atoms with van der Waals surface area (Å²) < 4.78 is 22.1. The number of halogens is 2. The summed E-state index contributed by atoms with van der Waals surface area (Å²) in [7, 11) is 0. The molecule has 1 saturated heterocycles. The van der Waals surface area contributed by atoms with Gasteiger partial charge in [-0.05, 0) is 31.9 Å². The van der Waals surface area contributed by atoms with Crippen LogP contribution in [0.1, 0.15) is 18.5 Å². The van der Waals surface area contributed by atoms with E-state index in [-0.39, 0.29) is 11.9 Å². The maximum atomic E-state index is 13.9. The van der Waals surface area contributed by atoms with Gasteiger partial charge in [0, 0.05) is 11.1 Å². The van der Waals surface area contributed by atoms with Crippen LogP contribution in [0.5, 0.6) is 0 Å². The number of fused-ring (bicyclic) bond motifs is 1. The van der Waals surface area contributed by atoms with Crippen LogP contribution in [0.3, 0.4) is 0 Å².